The summed E-state index contributed by atoms with van der Waals surface area (Å²) in [6.45, 7) is 1.70. The minimum Gasteiger partial charge on any atom is -0.508 e. The normalized spacial score (nSPS) is 16.9. The molecule has 1 aliphatic rings. The van der Waals surface area contributed by atoms with E-state index in [9.17, 15) is 20.1 Å². The van der Waals surface area contributed by atoms with Crippen LogP contribution in [-0.2, 0) is 6.42 Å². The quantitative estimate of drug-likeness (QED) is 0.628. The molecular formula is C20H20O6. The molecule has 6 heteroatoms. The highest BCUT2D eigenvalue weighted by molar-refractivity contribution is 6.05. The van der Waals surface area contributed by atoms with Crippen molar-refractivity contribution in [1.82, 2.24) is 0 Å². The predicted octanol–water partition coefficient (Wildman–Crippen LogP) is 2.64. The van der Waals surface area contributed by atoms with Crippen LogP contribution in [0.5, 0.6) is 23.0 Å². The Bertz CT molecular complexity index is 884. The van der Waals surface area contributed by atoms with E-state index in [0.717, 1.165) is 5.57 Å². The van der Waals surface area contributed by atoms with Crippen LogP contribution in [-0.4, -0.2) is 39.4 Å². The summed E-state index contributed by atoms with van der Waals surface area (Å²) in [5, 5.41) is 38.7. The molecule has 2 aromatic rings. The van der Waals surface area contributed by atoms with E-state index in [1.165, 1.54) is 30.3 Å². The molecular weight excluding hydrogens is 336 g/mol. The summed E-state index contributed by atoms with van der Waals surface area (Å²) in [5.74, 6) is -0.840. The minimum atomic E-state index is -0.699. The lowest BCUT2D eigenvalue weighted by Crippen LogP contribution is -2.26. The van der Waals surface area contributed by atoms with E-state index in [2.05, 4.69) is 0 Å². The Kier molecular flexibility index (Phi) is 4.86. The first-order valence-electron chi connectivity index (χ1n) is 8.22. The molecule has 0 bridgehead atoms. The van der Waals surface area contributed by atoms with Crippen LogP contribution in [0.1, 0.15) is 34.3 Å². The van der Waals surface area contributed by atoms with Gasteiger partial charge < -0.3 is 25.2 Å². The summed E-state index contributed by atoms with van der Waals surface area (Å²) < 4.78 is 5.78. The second-order valence-corrected chi connectivity index (χ2v) is 6.32. The van der Waals surface area contributed by atoms with Crippen LogP contribution >= 0.6 is 0 Å². The molecule has 136 valence electrons. The number of hydrogen-bond acceptors (Lipinski definition) is 6. The minimum absolute atomic E-state index is 0.0172. The Balaban J connectivity index is 1.98. The smallest absolute Gasteiger partial charge is 0.177 e. The van der Waals surface area contributed by atoms with Crippen molar-refractivity contribution in [2.45, 2.75) is 19.3 Å². The van der Waals surface area contributed by atoms with Gasteiger partial charge in [0.15, 0.2) is 5.78 Å². The van der Waals surface area contributed by atoms with Crippen molar-refractivity contribution >= 4 is 5.78 Å². The second kappa shape index (κ2) is 7.09. The van der Waals surface area contributed by atoms with Gasteiger partial charge >= 0.3 is 0 Å². The molecule has 1 aliphatic heterocycles. The van der Waals surface area contributed by atoms with Crippen LogP contribution in [0, 0.1) is 0 Å². The molecule has 0 amide bonds. The Morgan fingerprint density at radius 2 is 1.96 bits per heavy atom. The maximum Gasteiger partial charge on any atom is 0.177 e. The van der Waals surface area contributed by atoms with E-state index in [-0.39, 0.29) is 36.2 Å². The predicted molar refractivity (Wildman–Crippen MR) is 95.0 cm³/mol. The monoisotopic (exact) mass is 356 g/mol. The number of carbonyl (C=O) groups is 1. The van der Waals surface area contributed by atoms with E-state index < -0.39 is 5.92 Å². The van der Waals surface area contributed by atoms with E-state index in [0.29, 0.717) is 28.9 Å². The number of rotatable bonds is 4. The first-order chi connectivity index (χ1) is 12.4. The Labute approximate surface area is 150 Å². The van der Waals surface area contributed by atoms with Gasteiger partial charge in [-0.05, 0) is 31.5 Å². The molecule has 6 nitrogen and oxygen atoms in total. The highest BCUT2D eigenvalue weighted by Crippen LogP contribution is 2.41. The van der Waals surface area contributed by atoms with Crippen LogP contribution in [0.3, 0.4) is 0 Å². The third-order valence-electron chi connectivity index (χ3n) is 4.51. The van der Waals surface area contributed by atoms with Crippen molar-refractivity contribution in [3.63, 3.8) is 0 Å². The number of carbonyl (C=O) groups excluding carboxylic acids is 1. The van der Waals surface area contributed by atoms with Gasteiger partial charge in [0, 0.05) is 17.2 Å². The van der Waals surface area contributed by atoms with Crippen LogP contribution in [0.2, 0.25) is 0 Å². The number of benzene rings is 2. The highest BCUT2D eigenvalue weighted by atomic mass is 16.5. The summed E-state index contributed by atoms with van der Waals surface area (Å²) in [7, 11) is 0. The first kappa shape index (κ1) is 17.8. The molecule has 1 atom stereocenters. The lowest BCUT2D eigenvalue weighted by molar-refractivity contribution is 0.0892. The lowest BCUT2D eigenvalue weighted by atomic mass is 9.87. The van der Waals surface area contributed by atoms with Crippen LogP contribution in [0.4, 0.5) is 0 Å². The maximum absolute atomic E-state index is 12.9. The molecule has 3 rings (SSSR count). The molecule has 0 saturated carbocycles. The van der Waals surface area contributed by atoms with Gasteiger partial charge in [0.25, 0.3) is 0 Å². The number of aromatic hydroxyl groups is 3. The number of ether oxygens (including phenoxy) is 1. The van der Waals surface area contributed by atoms with Gasteiger partial charge in [-0.3, -0.25) is 4.79 Å². The summed E-state index contributed by atoms with van der Waals surface area (Å²) >= 11 is 0. The molecule has 1 heterocycles. The molecule has 4 N–H and O–H groups in total. The number of hydrogen-bond donors (Lipinski definition) is 4. The van der Waals surface area contributed by atoms with Gasteiger partial charge in [0.2, 0.25) is 0 Å². The Morgan fingerprint density at radius 3 is 2.65 bits per heavy atom. The average Bonchev–Trinajstić information content (AvgIpc) is 2.61. The fourth-order valence-corrected chi connectivity index (χ4v) is 3.00. The lowest BCUT2D eigenvalue weighted by Gasteiger charge is -2.27. The Hall–Kier alpha value is -2.99. The summed E-state index contributed by atoms with van der Waals surface area (Å²) in [6, 6.07) is 7.03. The van der Waals surface area contributed by atoms with Gasteiger partial charge in [-0.2, -0.15) is 0 Å². The number of Topliss-reactive ketones (excluding diaryl/α,β-unsaturated/α-hetero) is 1. The largest absolute Gasteiger partial charge is 0.508 e. The molecule has 0 aromatic heterocycles. The van der Waals surface area contributed by atoms with E-state index in [1.807, 2.05) is 0 Å². The molecule has 0 fully saturated rings. The van der Waals surface area contributed by atoms with Crippen molar-refractivity contribution in [2.75, 3.05) is 13.2 Å². The number of phenols is 3. The first-order valence-corrected chi connectivity index (χ1v) is 8.22. The molecule has 0 aliphatic carbocycles. The van der Waals surface area contributed by atoms with E-state index in [4.69, 9.17) is 9.84 Å². The van der Waals surface area contributed by atoms with Crippen molar-refractivity contribution < 1.29 is 30.0 Å². The molecule has 2 aromatic carbocycles. The Morgan fingerprint density at radius 1 is 1.19 bits per heavy atom. The zero-order valence-electron chi connectivity index (χ0n) is 14.3. The summed E-state index contributed by atoms with van der Waals surface area (Å²) in [5.41, 5.74) is 1.94. The van der Waals surface area contributed by atoms with Gasteiger partial charge in [0.1, 0.15) is 29.6 Å². The zero-order valence-corrected chi connectivity index (χ0v) is 14.3. The summed E-state index contributed by atoms with van der Waals surface area (Å²) in [4.78, 5) is 12.9. The molecule has 0 saturated heterocycles. The number of phenolic OH excluding ortho intramolecular Hbond substituents is 3. The molecule has 0 spiro atoms. The van der Waals surface area contributed by atoms with Gasteiger partial charge in [-0.15, -0.1) is 0 Å². The fourth-order valence-electron chi connectivity index (χ4n) is 3.00. The zero-order chi connectivity index (χ0) is 18.8. The van der Waals surface area contributed by atoms with Gasteiger partial charge in [-0.25, -0.2) is 0 Å². The number of aliphatic hydroxyl groups excluding tert-OH is 1. The van der Waals surface area contributed by atoms with Crippen LogP contribution in [0.25, 0.3) is 0 Å². The number of allylic oxidation sites excluding steroid dienone is 1. The second-order valence-electron chi connectivity index (χ2n) is 6.32. The van der Waals surface area contributed by atoms with Crippen molar-refractivity contribution in [1.29, 1.82) is 0 Å². The third kappa shape index (κ3) is 3.23. The fraction of sp³-hybridized carbons (Fsp3) is 0.250. The van der Waals surface area contributed by atoms with E-state index >= 15 is 0 Å². The average molecular weight is 356 g/mol. The van der Waals surface area contributed by atoms with Gasteiger partial charge in [-0.1, -0.05) is 17.7 Å². The van der Waals surface area contributed by atoms with Crippen LogP contribution < -0.4 is 4.74 Å². The summed E-state index contributed by atoms with van der Waals surface area (Å²) in [6.07, 6.45) is 2.09. The number of fused-ring (bicyclic) bond motifs is 1. The van der Waals surface area contributed by atoms with Gasteiger partial charge in [0.05, 0.1) is 18.1 Å². The highest BCUT2D eigenvalue weighted by Gasteiger charge is 2.33. The topological polar surface area (TPSA) is 107 Å². The van der Waals surface area contributed by atoms with Crippen molar-refractivity contribution in [2.24, 2.45) is 0 Å². The number of ketones is 1. The third-order valence-corrected chi connectivity index (χ3v) is 4.51. The van der Waals surface area contributed by atoms with Crippen molar-refractivity contribution in [3.05, 3.63) is 58.7 Å². The SMILES string of the molecule is CC(=CCc1c(O)ccc2c1OCC(c1ccc(O)cc1O)C2=O)CO. The van der Waals surface area contributed by atoms with E-state index in [1.54, 1.807) is 13.0 Å². The van der Waals surface area contributed by atoms with Crippen LogP contribution in [0.15, 0.2) is 42.0 Å². The number of aliphatic hydroxyl groups is 1. The maximum atomic E-state index is 12.9. The molecule has 26 heavy (non-hydrogen) atoms. The molecule has 1 unspecified atom stereocenters. The molecule has 0 radical (unpaired) electrons. The van der Waals surface area contributed by atoms with Crippen molar-refractivity contribution in [3.8, 4) is 23.0 Å². The standard InChI is InChI=1S/C20H20O6/c1-11(9-21)2-4-14-17(23)7-6-15-19(25)16(10-26-20(14)15)13-5-3-12(22)8-18(13)24/h2-3,5-8,16,21-24H,4,9-10H2,1H3.